The highest BCUT2D eigenvalue weighted by Crippen LogP contribution is 2.12. The number of halogens is 1. The third kappa shape index (κ3) is 6.26. The SMILES string of the molecule is CN=C(NCCN1CCCCCC1)N1CCN(c2ccccn2)CC1.I. The molecule has 146 valence electrons. The van der Waals surface area contributed by atoms with Crippen molar-refractivity contribution in [2.45, 2.75) is 25.7 Å². The van der Waals surface area contributed by atoms with E-state index in [1.54, 1.807) is 0 Å². The summed E-state index contributed by atoms with van der Waals surface area (Å²) in [5, 5.41) is 3.56. The van der Waals surface area contributed by atoms with Crippen molar-refractivity contribution < 1.29 is 0 Å². The number of rotatable bonds is 4. The van der Waals surface area contributed by atoms with Crippen LogP contribution >= 0.6 is 24.0 Å². The summed E-state index contributed by atoms with van der Waals surface area (Å²) in [6.45, 7) is 8.56. The van der Waals surface area contributed by atoms with Gasteiger partial charge in [0, 0.05) is 52.5 Å². The normalized spacial score (nSPS) is 19.7. The number of hydrogen-bond donors (Lipinski definition) is 1. The number of likely N-dealkylation sites (tertiary alicyclic amines) is 1. The molecular weight excluding hydrogens is 439 g/mol. The van der Waals surface area contributed by atoms with Crippen molar-refractivity contribution in [1.82, 2.24) is 20.1 Å². The molecular formula is C19H33IN6. The van der Waals surface area contributed by atoms with Gasteiger partial charge in [-0.3, -0.25) is 4.99 Å². The summed E-state index contributed by atoms with van der Waals surface area (Å²) in [5.41, 5.74) is 0. The second-order valence-corrected chi connectivity index (χ2v) is 6.89. The van der Waals surface area contributed by atoms with Gasteiger partial charge in [0.1, 0.15) is 5.82 Å². The van der Waals surface area contributed by atoms with E-state index >= 15 is 0 Å². The molecule has 2 saturated heterocycles. The topological polar surface area (TPSA) is 47.0 Å². The van der Waals surface area contributed by atoms with Crippen molar-refractivity contribution in [1.29, 1.82) is 0 Å². The fourth-order valence-corrected chi connectivity index (χ4v) is 3.71. The molecule has 3 rings (SSSR count). The highest BCUT2D eigenvalue weighted by atomic mass is 127. The van der Waals surface area contributed by atoms with E-state index in [1.807, 2.05) is 19.3 Å². The number of guanidine groups is 1. The Labute approximate surface area is 175 Å². The number of nitrogens with one attached hydrogen (secondary N) is 1. The zero-order valence-electron chi connectivity index (χ0n) is 15.9. The average molecular weight is 472 g/mol. The summed E-state index contributed by atoms with van der Waals surface area (Å²) < 4.78 is 0. The number of aromatic nitrogens is 1. The third-order valence-electron chi connectivity index (χ3n) is 5.17. The molecule has 2 aliphatic heterocycles. The van der Waals surface area contributed by atoms with E-state index in [4.69, 9.17) is 0 Å². The van der Waals surface area contributed by atoms with Gasteiger partial charge >= 0.3 is 0 Å². The van der Waals surface area contributed by atoms with Gasteiger partial charge in [0.15, 0.2) is 5.96 Å². The molecule has 3 heterocycles. The van der Waals surface area contributed by atoms with Crippen LogP contribution in [0.25, 0.3) is 0 Å². The number of hydrogen-bond acceptors (Lipinski definition) is 4. The minimum absolute atomic E-state index is 0. The Morgan fingerprint density at radius 2 is 1.77 bits per heavy atom. The van der Waals surface area contributed by atoms with Gasteiger partial charge in [0.25, 0.3) is 0 Å². The summed E-state index contributed by atoms with van der Waals surface area (Å²) in [4.78, 5) is 16.2. The average Bonchev–Trinajstić information content (AvgIpc) is 2.95. The molecule has 0 radical (unpaired) electrons. The molecule has 6 nitrogen and oxygen atoms in total. The second kappa shape index (κ2) is 11.6. The maximum atomic E-state index is 4.49. The van der Waals surface area contributed by atoms with E-state index in [0.717, 1.165) is 51.0 Å². The van der Waals surface area contributed by atoms with E-state index in [2.05, 4.69) is 42.1 Å². The molecule has 0 spiro atoms. The first-order valence-electron chi connectivity index (χ1n) is 9.71. The van der Waals surface area contributed by atoms with Crippen molar-refractivity contribution in [3.8, 4) is 0 Å². The van der Waals surface area contributed by atoms with Crippen LogP contribution in [0.5, 0.6) is 0 Å². The Bertz CT molecular complexity index is 522. The first-order valence-corrected chi connectivity index (χ1v) is 9.71. The van der Waals surface area contributed by atoms with E-state index in [1.165, 1.54) is 38.8 Å². The van der Waals surface area contributed by atoms with Gasteiger partial charge in [-0.1, -0.05) is 18.9 Å². The fraction of sp³-hybridized carbons (Fsp3) is 0.684. The third-order valence-corrected chi connectivity index (χ3v) is 5.17. The number of piperazine rings is 1. The molecule has 26 heavy (non-hydrogen) atoms. The lowest BCUT2D eigenvalue weighted by atomic mass is 10.2. The summed E-state index contributed by atoms with van der Waals surface area (Å²) in [7, 11) is 1.89. The molecule has 1 aromatic rings. The first-order chi connectivity index (χ1) is 12.4. The molecule has 2 fully saturated rings. The van der Waals surface area contributed by atoms with Crippen molar-refractivity contribution in [2.75, 3.05) is 64.3 Å². The highest BCUT2D eigenvalue weighted by Gasteiger charge is 2.20. The van der Waals surface area contributed by atoms with E-state index < -0.39 is 0 Å². The lowest BCUT2D eigenvalue weighted by Gasteiger charge is -2.37. The Morgan fingerprint density at radius 3 is 2.38 bits per heavy atom. The van der Waals surface area contributed by atoms with Crippen molar-refractivity contribution in [3.05, 3.63) is 24.4 Å². The molecule has 1 aromatic heterocycles. The number of aliphatic imine (C=N–C) groups is 1. The van der Waals surface area contributed by atoms with E-state index in [-0.39, 0.29) is 24.0 Å². The smallest absolute Gasteiger partial charge is 0.193 e. The van der Waals surface area contributed by atoms with Crippen LogP contribution in [0.4, 0.5) is 5.82 Å². The maximum absolute atomic E-state index is 4.49. The molecule has 0 amide bonds. The second-order valence-electron chi connectivity index (χ2n) is 6.89. The van der Waals surface area contributed by atoms with Crippen LogP contribution in [0.1, 0.15) is 25.7 Å². The van der Waals surface area contributed by atoms with Gasteiger partial charge in [-0.2, -0.15) is 0 Å². The van der Waals surface area contributed by atoms with Gasteiger partial charge in [-0.15, -0.1) is 24.0 Å². The molecule has 0 aromatic carbocycles. The van der Waals surface area contributed by atoms with Crippen LogP contribution < -0.4 is 10.2 Å². The molecule has 0 unspecified atom stereocenters. The summed E-state index contributed by atoms with van der Waals surface area (Å²) in [6.07, 6.45) is 7.36. The van der Waals surface area contributed by atoms with Gasteiger partial charge < -0.3 is 20.0 Å². The van der Waals surface area contributed by atoms with E-state index in [0.29, 0.717) is 0 Å². The van der Waals surface area contributed by atoms with Crippen molar-refractivity contribution in [3.63, 3.8) is 0 Å². The summed E-state index contributed by atoms with van der Waals surface area (Å²) in [6, 6.07) is 6.11. The molecule has 1 N–H and O–H groups in total. The van der Waals surface area contributed by atoms with Gasteiger partial charge in [0.2, 0.25) is 0 Å². The lowest BCUT2D eigenvalue weighted by Crippen LogP contribution is -2.53. The first kappa shape index (κ1) is 21.2. The Hall–Kier alpha value is -1.09. The molecule has 0 bridgehead atoms. The summed E-state index contributed by atoms with van der Waals surface area (Å²) in [5.74, 6) is 2.11. The molecule has 0 saturated carbocycles. The van der Waals surface area contributed by atoms with Gasteiger partial charge in [0.05, 0.1) is 0 Å². The molecule has 0 atom stereocenters. The lowest BCUT2D eigenvalue weighted by molar-refractivity contribution is 0.286. The van der Waals surface area contributed by atoms with Crippen molar-refractivity contribution >= 4 is 35.8 Å². The minimum atomic E-state index is 0. The van der Waals surface area contributed by atoms with Gasteiger partial charge in [-0.05, 0) is 38.1 Å². The summed E-state index contributed by atoms with van der Waals surface area (Å²) >= 11 is 0. The minimum Gasteiger partial charge on any atom is -0.355 e. The highest BCUT2D eigenvalue weighted by molar-refractivity contribution is 14.0. The zero-order chi connectivity index (χ0) is 17.3. The number of nitrogens with zero attached hydrogens (tertiary/aromatic N) is 5. The quantitative estimate of drug-likeness (QED) is 0.414. The van der Waals surface area contributed by atoms with Gasteiger partial charge in [-0.25, -0.2) is 4.98 Å². The maximum Gasteiger partial charge on any atom is 0.193 e. The number of pyridine rings is 1. The van der Waals surface area contributed by atoms with Crippen molar-refractivity contribution in [2.24, 2.45) is 4.99 Å². The van der Waals surface area contributed by atoms with Crippen LogP contribution in [0.3, 0.4) is 0 Å². The van der Waals surface area contributed by atoms with Crippen LogP contribution in [-0.4, -0.2) is 80.1 Å². The van der Waals surface area contributed by atoms with Crippen LogP contribution in [0, 0.1) is 0 Å². The van der Waals surface area contributed by atoms with E-state index in [9.17, 15) is 0 Å². The monoisotopic (exact) mass is 472 g/mol. The fourth-order valence-electron chi connectivity index (χ4n) is 3.71. The van der Waals surface area contributed by atoms with Crippen LogP contribution in [0.15, 0.2) is 29.4 Å². The molecule has 7 heteroatoms. The van der Waals surface area contributed by atoms with Crippen LogP contribution in [-0.2, 0) is 0 Å². The zero-order valence-corrected chi connectivity index (χ0v) is 18.3. The largest absolute Gasteiger partial charge is 0.355 e. The Kier molecular flexibility index (Phi) is 9.45. The molecule has 2 aliphatic rings. The van der Waals surface area contributed by atoms with Crippen LogP contribution in [0.2, 0.25) is 0 Å². The standard InChI is InChI=1S/C19H32N6.HI/c1-20-19(22-10-13-23-11-6-2-3-7-12-23)25-16-14-24(15-17-25)18-8-4-5-9-21-18;/h4-5,8-9H,2-3,6-7,10-17H2,1H3,(H,20,22);1H. The Morgan fingerprint density at radius 1 is 1.04 bits per heavy atom. The Balaban J connectivity index is 0.00000243. The predicted octanol–water partition coefficient (Wildman–Crippen LogP) is 2.27. The number of anilines is 1. The predicted molar refractivity (Wildman–Crippen MR) is 120 cm³/mol. The molecule has 0 aliphatic carbocycles.